The van der Waals surface area contributed by atoms with Crippen LogP contribution in [-0.2, 0) is 4.74 Å². The first kappa shape index (κ1) is 24.4. The van der Waals surface area contributed by atoms with E-state index in [1.165, 1.54) is 5.56 Å². The van der Waals surface area contributed by atoms with Gasteiger partial charge in [-0.3, -0.25) is 4.90 Å². The van der Waals surface area contributed by atoms with E-state index in [0.29, 0.717) is 18.1 Å². The molecule has 3 aromatic rings. The SMILES string of the molecule is Cc1cc2c(NCC(C)N3CC[C@@H](NC4CC(c5ccccc5)OC4(C)C)C3)ncnc2cc1Cl. The molecule has 2 N–H and O–H groups in total. The highest BCUT2D eigenvalue weighted by Crippen LogP contribution is 2.39. The van der Waals surface area contributed by atoms with Crippen LogP contribution in [0.25, 0.3) is 10.9 Å². The standard InChI is InChI=1S/C28H36ClN5O/c1-18-12-22-24(13-23(18)29)31-17-32-27(22)30-15-19(2)34-11-10-21(16-34)33-26-14-25(35-28(26,3)4)20-8-6-5-7-9-20/h5-9,12-13,17,19,21,25-26,33H,10-11,14-16H2,1-4H3,(H,30,31,32)/t19?,21-,25?,26?/m1/s1. The number of nitrogens with one attached hydrogen (secondary N) is 2. The van der Waals surface area contributed by atoms with Gasteiger partial charge < -0.3 is 15.4 Å². The van der Waals surface area contributed by atoms with Gasteiger partial charge in [-0.15, -0.1) is 0 Å². The molecule has 3 heterocycles. The molecule has 0 amide bonds. The quantitative estimate of drug-likeness (QED) is 0.461. The molecule has 2 aliphatic heterocycles. The third-order valence-electron chi connectivity index (χ3n) is 7.67. The van der Waals surface area contributed by atoms with E-state index in [4.69, 9.17) is 16.3 Å². The Morgan fingerprint density at radius 3 is 2.80 bits per heavy atom. The highest BCUT2D eigenvalue weighted by Gasteiger charge is 2.43. The number of aryl methyl sites for hydroxylation is 1. The summed E-state index contributed by atoms with van der Waals surface area (Å²) in [6, 6.07) is 15.8. The fraction of sp³-hybridized carbons (Fsp3) is 0.500. The highest BCUT2D eigenvalue weighted by molar-refractivity contribution is 6.32. The lowest BCUT2D eigenvalue weighted by Crippen LogP contribution is -2.49. The van der Waals surface area contributed by atoms with Crippen LogP contribution < -0.4 is 10.6 Å². The smallest absolute Gasteiger partial charge is 0.137 e. The highest BCUT2D eigenvalue weighted by atomic mass is 35.5. The molecule has 4 atom stereocenters. The van der Waals surface area contributed by atoms with Gasteiger partial charge in [0.1, 0.15) is 12.1 Å². The van der Waals surface area contributed by atoms with Crippen LogP contribution >= 0.6 is 11.6 Å². The van der Waals surface area contributed by atoms with E-state index in [9.17, 15) is 0 Å². The normalized spacial score (nSPS) is 25.2. The zero-order chi connectivity index (χ0) is 24.6. The number of likely N-dealkylation sites (tertiary alicyclic amines) is 1. The van der Waals surface area contributed by atoms with Crippen molar-refractivity contribution >= 4 is 28.3 Å². The van der Waals surface area contributed by atoms with Gasteiger partial charge in [0.05, 0.1) is 17.2 Å². The third kappa shape index (κ3) is 5.31. The first-order chi connectivity index (χ1) is 16.8. The molecule has 0 saturated carbocycles. The first-order valence-corrected chi connectivity index (χ1v) is 13.1. The summed E-state index contributed by atoms with van der Waals surface area (Å²) in [6.45, 7) is 11.7. The van der Waals surface area contributed by atoms with Crippen molar-refractivity contribution < 1.29 is 4.74 Å². The van der Waals surface area contributed by atoms with Crippen LogP contribution in [0.2, 0.25) is 5.02 Å². The molecule has 6 nitrogen and oxygen atoms in total. The second kappa shape index (κ2) is 10.0. The zero-order valence-electron chi connectivity index (χ0n) is 21.1. The van der Waals surface area contributed by atoms with Crippen molar-refractivity contribution in [3.63, 3.8) is 0 Å². The summed E-state index contributed by atoms with van der Waals surface area (Å²) in [5.41, 5.74) is 2.99. The maximum absolute atomic E-state index is 6.46. The van der Waals surface area contributed by atoms with Gasteiger partial charge in [0.15, 0.2) is 0 Å². The molecular weight excluding hydrogens is 458 g/mol. The van der Waals surface area contributed by atoms with E-state index in [2.05, 4.69) is 82.7 Å². The molecule has 0 spiro atoms. The summed E-state index contributed by atoms with van der Waals surface area (Å²) in [5, 5.41) is 9.25. The summed E-state index contributed by atoms with van der Waals surface area (Å²) in [7, 11) is 0. The van der Waals surface area contributed by atoms with Crippen LogP contribution in [-0.4, -0.2) is 58.2 Å². The number of anilines is 1. The van der Waals surface area contributed by atoms with Gasteiger partial charge in [-0.25, -0.2) is 9.97 Å². The minimum absolute atomic E-state index is 0.158. The molecular formula is C28H36ClN5O. The number of halogens is 1. The van der Waals surface area contributed by atoms with E-state index in [1.807, 2.05) is 13.0 Å². The van der Waals surface area contributed by atoms with Gasteiger partial charge in [-0.2, -0.15) is 0 Å². The van der Waals surface area contributed by atoms with Crippen LogP contribution in [0.15, 0.2) is 48.8 Å². The van der Waals surface area contributed by atoms with E-state index >= 15 is 0 Å². The van der Waals surface area contributed by atoms with Crippen LogP contribution in [0.4, 0.5) is 5.82 Å². The van der Waals surface area contributed by atoms with Crippen LogP contribution in [0, 0.1) is 6.92 Å². The summed E-state index contributed by atoms with van der Waals surface area (Å²) in [6.07, 6.45) is 3.92. The number of hydrogen-bond acceptors (Lipinski definition) is 6. The summed E-state index contributed by atoms with van der Waals surface area (Å²) >= 11 is 6.28. The Balaban J connectivity index is 1.16. The first-order valence-electron chi connectivity index (χ1n) is 12.7. The maximum Gasteiger partial charge on any atom is 0.137 e. The fourth-order valence-corrected chi connectivity index (χ4v) is 5.60. The molecule has 7 heteroatoms. The summed E-state index contributed by atoms with van der Waals surface area (Å²) in [4.78, 5) is 11.4. The number of nitrogens with zero attached hydrogens (tertiary/aromatic N) is 3. The molecule has 2 aromatic carbocycles. The maximum atomic E-state index is 6.46. The van der Waals surface area contributed by atoms with E-state index in [-0.39, 0.29) is 11.7 Å². The molecule has 1 aromatic heterocycles. The number of fused-ring (bicyclic) bond motifs is 1. The second-order valence-electron chi connectivity index (χ2n) is 10.6. The Hall–Kier alpha value is -2.25. The van der Waals surface area contributed by atoms with Crippen LogP contribution in [0.1, 0.15) is 50.8 Å². The Morgan fingerprint density at radius 1 is 1.20 bits per heavy atom. The van der Waals surface area contributed by atoms with Crippen molar-refractivity contribution in [2.45, 2.75) is 70.4 Å². The second-order valence-corrected chi connectivity index (χ2v) is 11.0. The molecule has 5 rings (SSSR count). The number of hydrogen-bond donors (Lipinski definition) is 2. The minimum Gasteiger partial charge on any atom is -0.368 e. The van der Waals surface area contributed by atoms with Crippen molar-refractivity contribution in [2.75, 3.05) is 25.0 Å². The van der Waals surface area contributed by atoms with Gasteiger partial charge in [-0.1, -0.05) is 41.9 Å². The predicted molar refractivity (Wildman–Crippen MR) is 143 cm³/mol. The van der Waals surface area contributed by atoms with Crippen molar-refractivity contribution in [1.29, 1.82) is 0 Å². The Labute approximate surface area is 213 Å². The zero-order valence-corrected chi connectivity index (χ0v) is 21.8. The predicted octanol–water partition coefficient (Wildman–Crippen LogP) is 5.36. The molecule has 35 heavy (non-hydrogen) atoms. The summed E-state index contributed by atoms with van der Waals surface area (Å²) < 4.78 is 6.46. The Morgan fingerprint density at radius 2 is 2.00 bits per heavy atom. The number of ether oxygens (including phenoxy) is 1. The summed E-state index contributed by atoms with van der Waals surface area (Å²) in [5.74, 6) is 0.868. The van der Waals surface area contributed by atoms with Gasteiger partial charge in [0, 0.05) is 48.2 Å². The lowest BCUT2D eigenvalue weighted by Gasteiger charge is -2.30. The van der Waals surface area contributed by atoms with E-state index in [1.54, 1.807) is 6.33 Å². The average Bonchev–Trinajstić information content (AvgIpc) is 3.43. The lowest BCUT2D eigenvalue weighted by atomic mass is 9.95. The average molecular weight is 494 g/mol. The Bertz CT molecular complexity index is 1170. The van der Waals surface area contributed by atoms with Crippen LogP contribution in [0.3, 0.4) is 0 Å². The fourth-order valence-electron chi connectivity index (χ4n) is 5.44. The number of benzene rings is 2. The topological polar surface area (TPSA) is 62.3 Å². The molecule has 2 fully saturated rings. The minimum atomic E-state index is -0.184. The monoisotopic (exact) mass is 493 g/mol. The molecule has 0 radical (unpaired) electrons. The lowest BCUT2D eigenvalue weighted by molar-refractivity contribution is -0.0265. The van der Waals surface area contributed by atoms with Crippen molar-refractivity contribution in [3.05, 3.63) is 64.9 Å². The number of rotatable bonds is 7. The molecule has 0 aliphatic carbocycles. The van der Waals surface area contributed by atoms with Gasteiger partial charge in [0.2, 0.25) is 0 Å². The van der Waals surface area contributed by atoms with Crippen LogP contribution in [0.5, 0.6) is 0 Å². The molecule has 2 aliphatic rings. The molecule has 0 bridgehead atoms. The Kier molecular flexibility index (Phi) is 6.99. The largest absolute Gasteiger partial charge is 0.368 e. The van der Waals surface area contributed by atoms with Crippen molar-refractivity contribution in [3.8, 4) is 0 Å². The number of aromatic nitrogens is 2. The van der Waals surface area contributed by atoms with Crippen molar-refractivity contribution in [2.24, 2.45) is 0 Å². The third-order valence-corrected chi connectivity index (χ3v) is 8.07. The van der Waals surface area contributed by atoms with Gasteiger partial charge in [0.25, 0.3) is 0 Å². The molecule has 2 saturated heterocycles. The van der Waals surface area contributed by atoms with E-state index < -0.39 is 0 Å². The van der Waals surface area contributed by atoms with Gasteiger partial charge >= 0.3 is 0 Å². The molecule has 186 valence electrons. The van der Waals surface area contributed by atoms with Gasteiger partial charge in [-0.05, 0) is 63.8 Å². The van der Waals surface area contributed by atoms with E-state index in [0.717, 1.165) is 59.8 Å². The molecule has 3 unspecified atom stereocenters. The van der Waals surface area contributed by atoms with Crippen molar-refractivity contribution in [1.82, 2.24) is 20.2 Å².